The lowest BCUT2D eigenvalue weighted by Gasteiger charge is -2.09. The zero-order chi connectivity index (χ0) is 14.7. The fraction of sp³-hybridized carbons (Fsp3) is 0. The van der Waals surface area contributed by atoms with Gasteiger partial charge < -0.3 is 10.4 Å². The largest absolute Gasteiger partial charge is 0.478 e. The number of rotatable bonds is 3. The summed E-state index contributed by atoms with van der Waals surface area (Å²) < 4.78 is 0.658. The van der Waals surface area contributed by atoms with Crippen molar-refractivity contribution in [1.82, 2.24) is 4.98 Å². The number of carbonyl (C=O) groups is 2. The maximum absolute atomic E-state index is 12.0. The number of carboxylic acid groups (broad SMARTS) is 1. The second-order valence-corrected chi connectivity index (χ2v) is 5.12. The zero-order valence-electron chi connectivity index (χ0n) is 9.93. The molecule has 1 amide bonds. The Morgan fingerprint density at radius 2 is 2.00 bits per heavy atom. The van der Waals surface area contributed by atoms with Crippen LogP contribution in [-0.2, 0) is 0 Å². The predicted octanol–water partition coefficient (Wildman–Crippen LogP) is 3.45. The number of nitrogens with one attached hydrogen (secondary N) is 1. The summed E-state index contributed by atoms with van der Waals surface area (Å²) in [5.74, 6) is -1.59. The number of nitrogens with zero attached hydrogens (tertiary/aromatic N) is 1. The number of anilines is 1. The van der Waals surface area contributed by atoms with Gasteiger partial charge in [0.2, 0.25) is 0 Å². The molecule has 0 saturated heterocycles. The average Bonchev–Trinajstić information content (AvgIpc) is 2.38. The third-order valence-electron chi connectivity index (χ3n) is 2.45. The van der Waals surface area contributed by atoms with Crippen molar-refractivity contribution < 1.29 is 14.7 Å². The number of hydrogen-bond donors (Lipinski definition) is 2. The minimum absolute atomic E-state index is 0.00158. The molecule has 0 spiro atoms. The highest BCUT2D eigenvalue weighted by atomic mass is 79.9. The van der Waals surface area contributed by atoms with Crippen molar-refractivity contribution in [3.8, 4) is 0 Å². The maximum atomic E-state index is 12.0. The van der Waals surface area contributed by atoms with Crippen LogP contribution >= 0.6 is 27.5 Å². The highest BCUT2D eigenvalue weighted by molar-refractivity contribution is 9.10. The van der Waals surface area contributed by atoms with Crippen molar-refractivity contribution in [3.05, 3.63) is 57.3 Å². The number of hydrogen-bond acceptors (Lipinski definition) is 3. The number of aromatic nitrogens is 1. The van der Waals surface area contributed by atoms with E-state index in [9.17, 15) is 9.59 Å². The van der Waals surface area contributed by atoms with Gasteiger partial charge in [0, 0.05) is 16.2 Å². The van der Waals surface area contributed by atoms with Crippen LogP contribution in [0.1, 0.15) is 20.7 Å². The second-order valence-electron chi connectivity index (χ2n) is 3.82. The quantitative estimate of drug-likeness (QED) is 0.827. The Hall–Kier alpha value is -1.92. The van der Waals surface area contributed by atoms with Crippen LogP contribution in [0.2, 0.25) is 5.15 Å². The summed E-state index contributed by atoms with van der Waals surface area (Å²) >= 11 is 8.93. The standard InChI is InChI=1S/C13H8BrClN2O3/c14-8-1-2-9(13(19)20)10(6-8)17-12(18)7-3-4-16-11(15)5-7/h1-6H,(H,17,18)(H,19,20). The Balaban J connectivity index is 2.32. The van der Waals surface area contributed by atoms with Crippen LogP contribution in [-0.4, -0.2) is 22.0 Å². The van der Waals surface area contributed by atoms with Gasteiger partial charge in [0.1, 0.15) is 5.15 Å². The molecule has 20 heavy (non-hydrogen) atoms. The number of pyridine rings is 1. The summed E-state index contributed by atoms with van der Waals surface area (Å²) in [6.45, 7) is 0. The van der Waals surface area contributed by atoms with Crippen LogP contribution in [0.3, 0.4) is 0 Å². The molecule has 0 fully saturated rings. The van der Waals surface area contributed by atoms with Crippen molar-refractivity contribution in [3.63, 3.8) is 0 Å². The summed E-state index contributed by atoms with van der Waals surface area (Å²) in [5, 5.41) is 11.8. The fourth-order valence-corrected chi connectivity index (χ4v) is 2.08. The zero-order valence-corrected chi connectivity index (χ0v) is 12.3. The monoisotopic (exact) mass is 354 g/mol. The van der Waals surface area contributed by atoms with E-state index in [0.29, 0.717) is 10.0 Å². The number of aromatic carboxylic acids is 1. The molecule has 0 bridgehead atoms. The van der Waals surface area contributed by atoms with Gasteiger partial charge in [-0.25, -0.2) is 9.78 Å². The summed E-state index contributed by atoms with van der Waals surface area (Å²) in [6.07, 6.45) is 1.40. The summed E-state index contributed by atoms with van der Waals surface area (Å²) in [5.41, 5.74) is 0.493. The molecule has 2 aromatic rings. The number of carbonyl (C=O) groups excluding carboxylic acids is 1. The first-order valence-electron chi connectivity index (χ1n) is 5.43. The van der Waals surface area contributed by atoms with Crippen molar-refractivity contribution >= 4 is 45.1 Å². The Labute approximate surface area is 127 Å². The smallest absolute Gasteiger partial charge is 0.337 e. The van der Waals surface area contributed by atoms with E-state index in [1.54, 1.807) is 6.07 Å². The summed E-state index contributed by atoms with van der Waals surface area (Å²) in [6, 6.07) is 7.39. The molecule has 0 aliphatic rings. The number of carboxylic acids is 1. The minimum atomic E-state index is -1.12. The van der Waals surface area contributed by atoms with Gasteiger partial charge in [-0.1, -0.05) is 27.5 Å². The molecule has 0 aliphatic carbocycles. The molecule has 1 aromatic carbocycles. The van der Waals surface area contributed by atoms with E-state index in [0.717, 1.165) is 0 Å². The van der Waals surface area contributed by atoms with Crippen molar-refractivity contribution in [2.45, 2.75) is 0 Å². The SMILES string of the molecule is O=C(Nc1cc(Br)ccc1C(=O)O)c1ccnc(Cl)c1. The first-order chi connectivity index (χ1) is 9.47. The molecule has 5 nitrogen and oxygen atoms in total. The maximum Gasteiger partial charge on any atom is 0.337 e. The molecule has 0 saturated carbocycles. The van der Waals surface area contributed by atoms with E-state index in [1.807, 2.05) is 0 Å². The van der Waals surface area contributed by atoms with E-state index in [2.05, 4.69) is 26.2 Å². The van der Waals surface area contributed by atoms with Crippen molar-refractivity contribution in [1.29, 1.82) is 0 Å². The highest BCUT2D eigenvalue weighted by Gasteiger charge is 2.14. The average molecular weight is 356 g/mol. The fourth-order valence-electron chi connectivity index (χ4n) is 1.54. The number of halogens is 2. The Bertz CT molecular complexity index is 691. The van der Waals surface area contributed by atoms with Crippen molar-refractivity contribution in [2.75, 3.05) is 5.32 Å². The molecule has 1 aromatic heterocycles. The van der Waals surface area contributed by atoms with Crippen LogP contribution in [0.4, 0.5) is 5.69 Å². The Morgan fingerprint density at radius 1 is 1.25 bits per heavy atom. The lowest BCUT2D eigenvalue weighted by atomic mass is 10.1. The van der Waals surface area contributed by atoms with E-state index >= 15 is 0 Å². The van der Waals surface area contributed by atoms with Crippen LogP contribution < -0.4 is 5.32 Å². The second kappa shape index (κ2) is 6.02. The minimum Gasteiger partial charge on any atom is -0.478 e. The molecule has 2 rings (SSSR count). The van der Waals surface area contributed by atoms with E-state index in [4.69, 9.17) is 16.7 Å². The Kier molecular flexibility index (Phi) is 4.36. The molecule has 102 valence electrons. The topological polar surface area (TPSA) is 79.3 Å². The number of amides is 1. The Morgan fingerprint density at radius 3 is 2.65 bits per heavy atom. The first-order valence-corrected chi connectivity index (χ1v) is 6.60. The van der Waals surface area contributed by atoms with E-state index < -0.39 is 11.9 Å². The highest BCUT2D eigenvalue weighted by Crippen LogP contribution is 2.22. The molecule has 2 N–H and O–H groups in total. The molecular formula is C13H8BrClN2O3. The molecule has 0 radical (unpaired) electrons. The lowest BCUT2D eigenvalue weighted by Crippen LogP contribution is -2.15. The molecular weight excluding hydrogens is 348 g/mol. The third kappa shape index (κ3) is 3.34. The van der Waals surface area contributed by atoms with Crippen molar-refractivity contribution in [2.24, 2.45) is 0 Å². The van der Waals surface area contributed by atoms with Gasteiger partial charge in [-0.3, -0.25) is 4.79 Å². The molecule has 1 heterocycles. The molecule has 7 heteroatoms. The van der Waals surface area contributed by atoms with Gasteiger partial charge in [-0.15, -0.1) is 0 Å². The van der Waals surface area contributed by atoms with Gasteiger partial charge in [0.25, 0.3) is 5.91 Å². The van der Waals surface area contributed by atoms with Crippen LogP contribution in [0.25, 0.3) is 0 Å². The normalized spacial score (nSPS) is 10.1. The van der Waals surface area contributed by atoms with Crippen LogP contribution in [0.15, 0.2) is 41.0 Å². The molecule has 0 atom stereocenters. The predicted molar refractivity (Wildman–Crippen MR) is 78.3 cm³/mol. The molecule has 0 aliphatic heterocycles. The van der Waals surface area contributed by atoms with Crippen LogP contribution in [0, 0.1) is 0 Å². The van der Waals surface area contributed by atoms with Gasteiger partial charge in [-0.2, -0.15) is 0 Å². The summed E-state index contributed by atoms with van der Waals surface area (Å²) in [4.78, 5) is 26.9. The number of benzene rings is 1. The lowest BCUT2D eigenvalue weighted by molar-refractivity contribution is 0.0698. The van der Waals surface area contributed by atoms with Gasteiger partial charge in [0.15, 0.2) is 0 Å². The molecule has 0 unspecified atom stereocenters. The van der Waals surface area contributed by atoms with E-state index in [-0.39, 0.29) is 16.4 Å². The van der Waals surface area contributed by atoms with Gasteiger partial charge >= 0.3 is 5.97 Å². The van der Waals surface area contributed by atoms with Gasteiger partial charge in [-0.05, 0) is 30.3 Å². The van der Waals surface area contributed by atoms with Crippen LogP contribution in [0.5, 0.6) is 0 Å². The van der Waals surface area contributed by atoms with Gasteiger partial charge in [0.05, 0.1) is 11.3 Å². The van der Waals surface area contributed by atoms with E-state index in [1.165, 1.54) is 30.5 Å². The summed E-state index contributed by atoms with van der Waals surface area (Å²) in [7, 11) is 0. The first kappa shape index (κ1) is 14.5. The third-order valence-corrected chi connectivity index (χ3v) is 3.15.